The van der Waals surface area contributed by atoms with Gasteiger partial charge in [-0.05, 0) is 47.1 Å². The van der Waals surface area contributed by atoms with E-state index in [9.17, 15) is 13.6 Å². The second-order valence-electron chi connectivity index (χ2n) is 5.78. The molecule has 3 aromatic rings. The van der Waals surface area contributed by atoms with Crippen molar-refractivity contribution in [1.29, 1.82) is 0 Å². The monoisotopic (exact) mass is 424 g/mol. The van der Waals surface area contributed by atoms with Gasteiger partial charge in [0.2, 0.25) is 0 Å². The molecule has 0 aliphatic heterocycles. The van der Waals surface area contributed by atoms with Crippen molar-refractivity contribution in [3.63, 3.8) is 0 Å². The standard InChI is InChI=1S/C11H15F2N.C7H4BrN3O/c1-8-9(7-14-3)5-4-6-10(8)11(2,12)13;8-6-1-5(3-12)2-11-7(6)9-4-10-11/h4-6,14H,7H2,1-3H3;1-4H. The second kappa shape index (κ2) is 8.46. The smallest absolute Gasteiger partial charge is 0.270 e. The third-order valence-electron chi connectivity index (χ3n) is 3.77. The molecule has 5 nitrogen and oxygen atoms in total. The summed E-state index contributed by atoms with van der Waals surface area (Å²) in [6, 6.07) is 6.72. The van der Waals surface area contributed by atoms with Crippen molar-refractivity contribution in [2.45, 2.75) is 26.3 Å². The topological polar surface area (TPSA) is 59.3 Å². The Morgan fingerprint density at radius 3 is 2.73 bits per heavy atom. The van der Waals surface area contributed by atoms with E-state index in [-0.39, 0.29) is 5.56 Å². The third kappa shape index (κ3) is 4.70. The van der Waals surface area contributed by atoms with Gasteiger partial charge in [0.05, 0.1) is 4.47 Å². The van der Waals surface area contributed by atoms with E-state index in [0.29, 0.717) is 23.3 Å². The van der Waals surface area contributed by atoms with Gasteiger partial charge in [0.15, 0.2) is 11.9 Å². The lowest BCUT2D eigenvalue weighted by molar-refractivity contribution is 0.0167. The highest BCUT2D eigenvalue weighted by Gasteiger charge is 2.26. The van der Waals surface area contributed by atoms with E-state index in [2.05, 4.69) is 31.3 Å². The molecule has 2 aromatic heterocycles. The molecule has 0 radical (unpaired) electrons. The number of carbonyl (C=O) groups is 1. The number of pyridine rings is 1. The molecular weight excluding hydrogens is 406 g/mol. The Morgan fingerprint density at radius 1 is 1.38 bits per heavy atom. The number of fused-ring (bicyclic) bond motifs is 1. The van der Waals surface area contributed by atoms with Crippen LogP contribution in [0.4, 0.5) is 8.78 Å². The summed E-state index contributed by atoms with van der Waals surface area (Å²) in [4.78, 5) is 14.4. The van der Waals surface area contributed by atoms with Crippen LogP contribution in [-0.2, 0) is 12.5 Å². The summed E-state index contributed by atoms with van der Waals surface area (Å²) in [5.41, 5.74) is 2.99. The van der Waals surface area contributed by atoms with Crippen molar-refractivity contribution < 1.29 is 13.6 Å². The van der Waals surface area contributed by atoms with Gasteiger partial charge in [0, 0.05) is 30.8 Å². The Labute approximate surface area is 158 Å². The summed E-state index contributed by atoms with van der Waals surface area (Å²) in [6.07, 6.45) is 3.83. The fraction of sp³-hybridized carbons (Fsp3) is 0.278. The molecule has 26 heavy (non-hydrogen) atoms. The van der Waals surface area contributed by atoms with Crippen molar-refractivity contribution in [1.82, 2.24) is 19.9 Å². The maximum absolute atomic E-state index is 13.1. The molecule has 8 heteroatoms. The predicted octanol–water partition coefficient (Wildman–Crippen LogP) is 4.13. The fourth-order valence-electron chi connectivity index (χ4n) is 2.51. The number of aldehydes is 1. The van der Waals surface area contributed by atoms with Crippen LogP contribution in [0.15, 0.2) is 41.3 Å². The van der Waals surface area contributed by atoms with E-state index in [1.165, 1.54) is 12.4 Å². The molecule has 0 bridgehead atoms. The van der Waals surface area contributed by atoms with Crippen LogP contribution in [0.25, 0.3) is 5.65 Å². The van der Waals surface area contributed by atoms with E-state index in [1.54, 1.807) is 36.8 Å². The predicted molar refractivity (Wildman–Crippen MR) is 99.6 cm³/mol. The minimum Gasteiger partial charge on any atom is -0.316 e. The molecule has 0 saturated heterocycles. The zero-order valence-corrected chi connectivity index (χ0v) is 16.2. The van der Waals surface area contributed by atoms with Gasteiger partial charge in [-0.2, -0.15) is 5.10 Å². The number of aromatic nitrogens is 3. The number of halogens is 3. The van der Waals surface area contributed by atoms with Crippen molar-refractivity contribution in [2.75, 3.05) is 7.05 Å². The normalized spacial score (nSPS) is 11.2. The average molecular weight is 425 g/mol. The van der Waals surface area contributed by atoms with Crippen LogP contribution in [0, 0.1) is 6.92 Å². The number of nitrogens with zero attached hydrogens (tertiary/aromatic N) is 3. The van der Waals surface area contributed by atoms with Crippen molar-refractivity contribution in [2.24, 2.45) is 0 Å². The molecule has 1 N–H and O–H groups in total. The van der Waals surface area contributed by atoms with Crippen LogP contribution in [0.5, 0.6) is 0 Å². The largest absolute Gasteiger partial charge is 0.316 e. The van der Waals surface area contributed by atoms with E-state index >= 15 is 0 Å². The van der Waals surface area contributed by atoms with Crippen LogP contribution in [0.1, 0.15) is 34.0 Å². The Balaban J connectivity index is 0.000000189. The van der Waals surface area contributed by atoms with Crippen LogP contribution in [-0.4, -0.2) is 27.9 Å². The molecule has 0 saturated carbocycles. The van der Waals surface area contributed by atoms with Crippen LogP contribution in [0.3, 0.4) is 0 Å². The average Bonchev–Trinajstić information content (AvgIpc) is 3.05. The molecule has 0 unspecified atom stereocenters. The molecule has 1 aromatic carbocycles. The SMILES string of the molecule is CNCc1cccc(C(C)(F)F)c1C.O=Cc1cc(Br)c2ncnn2c1. The highest BCUT2D eigenvalue weighted by atomic mass is 79.9. The van der Waals surface area contributed by atoms with Gasteiger partial charge in [-0.15, -0.1) is 0 Å². The van der Waals surface area contributed by atoms with Crippen molar-refractivity contribution >= 4 is 27.9 Å². The number of hydrogen-bond donors (Lipinski definition) is 1. The first-order chi connectivity index (χ1) is 12.3. The first-order valence-electron chi connectivity index (χ1n) is 7.83. The van der Waals surface area contributed by atoms with Gasteiger partial charge in [0.25, 0.3) is 5.92 Å². The number of rotatable bonds is 4. The van der Waals surface area contributed by atoms with Crippen LogP contribution >= 0.6 is 15.9 Å². The number of carbonyl (C=O) groups excluding carboxylic acids is 1. The second-order valence-corrected chi connectivity index (χ2v) is 6.63. The summed E-state index contributed by atoms with van der Waals surface area (Å²) in [7, 11) is 1.80. The van der Waals surface area contributed by atoms with Gasteiger partial charge in [-0.3, -0.25) is 4.79 Å². The van der Waals surface area contributed by atoms with Gasteiger partial charge >= 0.3 is 0 Å². The zero-order chi connectivity index (χ0) is 19.3. The minimum atomic E-state index is -2.76. The van der Waals surface area contributed by atoms with Crippen LogP contribution in [0.2, 0.25) is 0 Å². The fourth-order valence-corrected chi connectivity index (χ4v) is 3.06. The molecule has 0 atom stereocenters. The summed E-state index contributed by atoms with van der Waals surface area (Å²) in [6.45, 7) is 3.29. The lowest BCUT2D eigenvalue weighted by atomic mass is 9.98. The molecule has 3 rings (SSSR count). The third-order valence-corrected chi connectivity index (χ3v) is 4.36. The first kappa shape index (κ1) is 20.1. The van der Waals surface area contributed by atoms with Crippen molar-refractivity contribution in [3.05, 3.63) is 63.5 Å². The Hall–Kier alpha value is -2.19. The Kier molecular flexibility index (Phi) is 6.55. The zero-order valence-electron chi connectivity index (χ0n) is 14.6. The highest BCUT2D eigenvalue weighted by molar-refractivity contribution is 9.10. The summed E-state index contributed by atoms with van der Waals surface area (Å²) < 4.78 is 28.5. The maximum Gasteiger partial charge on any atom is 0.270 e. The Bertz CT molecular complexity index is 906. The molecule has 2 heterocycles. The molecule has 0 amide bonds. The lowest BCUT2D eigenvalue weighted by Crippen LogP contribution is -2.13. The lowest BCUT2D eigenvalue weighted by Gasteiger charge is -2.16. The number of benzene rings is 1. The quantitative estimate of drug-likeness (QED) is 0.639. The molecule has 0 spiro atoms. The summed E-state index contributed by atoms with van der Waals surface area (Å²) >= 11 is 3.29. The van der Waals surface area contributed by atoms with Gasteiger partial charge in [-0.1, -0.05) is 18.2 Å². The molecule has 138 valence electrons. The maximum atomic E-state index is 13.1. The van der Waals surface area contributed by atoms with Gasteiger partial charge < -0.3 is 5.32 Å². The van der Waals surface area contributed by atoms with E-state index in [1.807, 2.05) is 6.07 Å². The highest BCUT2D eigenvalue weighted by Crippen LogP contribution is 2.30. The summed E-state index contributed by atoms with van der Waals surface area (Å²) in [5, 5.41) is 6.86. The molecule has 0 fully saturated rings. The van der Waals surface area contributed by atoms with Gasteiger partial charge in [0.1, 0.15) is 6.33 Å². The summed E-state index contributed by atoms with van der Waals surface area (Å²) in [5.74, 6) is -2.76. The molecule has 0 aliphatic rings. The van der Waals surface area contributed by atoms with E-state index < -0.39 is 5.92 Å². The number of hydrogen-bond acceptors (Lipinski definition) is 4. The molecule has 0 aliphatic carbocycles. The first-order valence-corrected chi connectivity index (χ1v) is 8.62. The van der Waals surface area contributed by atoms with Gasteiger partial charge in [-0.25, -0.2) is 18.3 Å². The Morgan fingerprint density at radius 2 is 2.12 bits per heavy atom. The molecular formula is C18H19BrF2N4O. The minimum absolute atomic E-state index is 0.116. The van der Waals surface area contributed by atoms with Crippen LogP contribution < -0.4 is 5.32 Å². The van der Waals surface area contributed by atoms with Crippen molar-refractivity contribution in [3.8, 4) is 0 Å². The number of nitrogens with one attached hydrogen (secondary N) is 1. The van der Waals surface area contributed by atoms with E-state index in [4.69, 9.17) is 0 Å². The van der Waals surface area contributed by atoms with E-state index in [0.717, 1.165) is 23.2 Å². The number of alkyl halides is 2.